The zero-order chi connectivity index (χ0) is 14.5. The van der Waals surface area contributed by atoms with Gasteiger partial charge in [0.1, 0.15) is 18.2 Å². The first-order chi connectivity index (χ1) is 9.60. The lowest BCUT2D eigenvalue weighted by Crippen LogP contribution is -2.08. The highest BCUT2D eigenvalue weighted by Gasteiger charge is 2.13. The minimum absolute atomic E-state index is 0.0430. The van der Waals surface area contributed by atoms with Crippen LogP contribution in [0.2, 0.25) is 0 Å². The lowest BCUT2D eigenvalue weighted by Gasteiger charge is -2.07. The van der Waals surface area contributed by atoms with Gasteiger partial charge in [-0.25, -0.2) is 9.18 Å². The van der Waals surface area contributed by atoms with Gasteiger partial charge in [-0.1, -0.05) is 23.8 Å². The Balaban J connectivity index is 2.02. The van der Waals surface area contributed by atoms with E-state index in [1.54, 1.807) is 44.4 Å². The molecule has 0 saturated carbocycles. The largest absolute Gasteiger partial charge is 0.497 e. The van der Waals surface area contributed by atoms with Crippen LogP contribution in [-0.2, 0) is 11.3 Å². The summed E-state index contributed by atoms with van der Waals surface area (Å²) in [5, 5.41) is 0. The summed E-state index contributed by atoms with van der Waals surface area (Å²) in [6.07, 6.45) is 0. The molecule has 20 heavy (non-hydrogen) atoms. The molecule has 0 aliphatic rings. The van der Waals surface area contributed by atoms with Gasteiger partial charge in [-0.05, 0) is 36.8 Å². The van der Waals surface area contributed by atoms with Crippen LogP contribution in [0.4, 0.5) is 4.39 Å². The molecule has 0 saturated heterocycles. The standard InChI is InChI=1S/C16H15FO3/c1-11-3-8-15(17)14(9-11)16(18)20-10-12-4-6-13(19-2)7-5-12/h3-9H,10H2,1-2H3. The number of hydrogen-bond acceptors (Lipinski definition) is 3. The molecule has 0 amide bonds. The van der Waals surface area contributed by atoms with Crippen molar-refractivity contribution in [1.82, 2.24) is 0 Å². The fraction of sp³-hybridized carbons (Fsp3) is 0.188. The molecule has 4 heteroatoms. The van der Waals surface area contributed by atoms with Crippen LogP contribution in [0.1, 0.15) is 21.5 Å². The summed E-state index contributed by atoms with van der Waals surface area (Å²) in [7, 11) is 1.58. The maximum absolute atomic E-state index is 13.5. The number of carbonyl (C=O) groups is 1. The quantitative estimate of drug-likeness (QED) is 0.800. The van der Waals surface area contributed by atoms with Crippen molar-refractivity contribution in [2.24, 2.45) is 0 Å². The predicted octanol–water partition coefficient (Wildman–Crippen LogP) is 3.50. The summed E-state index contributed by atoms with van der Waals surface area (Å²) < 4.78 is 23.7. The minimum atomic E-state index is -0.665. The molecule has 2 aromatic rings. The van der Waals surface area contributed by atoms with E-state index < -0.39 is 11.8 Å². The third-order valence-corrected chi connectivity index (χ3v) is 2.87. The molecule has 0 aromatic heterocycles. The number of benzene rings is 2. The van der Waals surface area contributed by atoms with E-state index in [-0.39, 0.29) is 12.2 Å². The number of hydrogen-bond donors (Lipinski definition) is 0. The molecule has 0 unspecified atom stereocenters. The molecule has 3 nitrogen and oxygen atoms in total. The van der Waals surface area contributed by atoms with E-state index in [1.165, 1.54) is 12.1 Å². The van der Waals surface area contributed by atoms with E-state index in [4.69, 9.17) is 9.47 Å². The van der Waals surface area contributed by atoms with Crippen LogP contribution in [0, 0.1) is 12.7 Å². The molecule has 0 bridgehead atoms. The van der Waals surface area contributed by atoms with E-state index in [2.05, 4.69) is 0 Å². The van der Waals surface area contributed by atoms with Gasteiger partial charge in [-0.15, -0.1) is 0 Å². The monoisotopic (exact) mass is 274 g/mol. The Hall–Kier alpha value is -2.36. The van der Waals surface area contributed by atoms with Crippen molar-refractivity contribution < 1.29 is 18.7 Å². The third kappa shape index (κ3) is 3.35. The number of aryl methyl sites for hydroxylation is 1. The maximum atomic E-state index is 13.5. The Morgan fingerprint density at radius 3 is 2.50 bits per heavy atom. The van der Waals surface area contributed by atoms with Crippen molar-refractivity contribution in [3.05, 3.63) is 65.0 Å². The normalized spacial score (nSPS) is 10.2. The van der Waals surface area contributed by atoms with Crippen molar-refractivity contribution >= 4 is 5.97 Å². The molecule has 0 N–H and O–H groups in total. The van der Waals surface area contributed by atoms with Gasteiger partial charge >= 0.3 is 5.97 Å². The smallest absolute Gasteiger partial charge is 0.341 e. The topological polar surface area (TPSA) is 35.5 Å². The maximum Gasteiger partial charge on any atom is 0.341 e. The van der Waals surface area contributed by atoms with E-state index in [1.807, 2.05) is 0 Å². The van der Waals surface area contributed by atoms with Gasteiger partial charge in [0.2, 0.25) is 0 Å². The fourth-order valence-corrected chi connectivity index (χ4v) is 1.74. The SMILES string of the molecule is COc1ccc(COC(=O)c2cc(C)ccc2F)cc1. The van der Waals surface area contributed by atoms with Crippen LogP contribution >= 0.6 is 0 Å². The number of rotatable bonds is 4. The summed E-state index contributed by atoms with van der Waals surface area (Å²) in [5.74, 6) is -0.512. The van der Waals surface area contributed by atoms with Gasteiger partial charge in [-0.2, -0.15) is 0 Å². The van der Waals surface area contributed by atoms with E-state index >= 15 is 0 Å². The first kappa shape index (κ1) is 14.1. The van der Waals surface area contributed by atoms with Crippen LogP contribution in [0.3, 0.4) is 0 Å². The predicted molar refractivity (Wildman–Crippen MR) is 73.3 cm³/mol. The minimum Gasteiger partial charge on any atom is -0.497 e. The number of ether oxygens (including phenoxy) is 2. The van der Waals surface area contributed by atoms with Crippen LogP contribution in [0.5, 0.6) is 5.75 Å². The third-order valence-electron chi connectivity index (χ3n) is 2.87. The Morgan fingerprint density at radius 2 is 1.85 bits per heavy atom. The second-order valence-corrected chi connectivity index (χ2v) is 4.41. The lowest BCUT2D eigenvalue weighted by atomic mass is 10.1. The average Bonchev–Trinajstić information content (AvgIpc) is 2.47. The number of carbonyl (C=O) groups excluding carboxylic acids is 1. The highest BCUT2D eigenvalue weighted by atomic mass is 19.1. The van der Waals surface area contributed by atoms with Gasteiger partial charge in [0.05, 0.1) is 12.7 Å². The first-order valence-electron chi connectivity index (χ1n) is 6.16. The highest BCUT2D eigenvalue weighted by molar-refractivity contribution is 5.89. The molecular formula is C16H15FO3. The number of methoxy groups -OCH3 is 1. The molecule has 2 aromatic carbocycles. The van der Waals surface area contributed by atoms with Gasteiger partial charge in [0.25, 0.3) is 0 Å². The van der Waals surface area contributed by atoms with Crippen molar-refractivity contribution in [3.63, 3.8) is 0 Å². The van der Waals surface area contributed by atoms with Gasteiger partial charge in [-0.3, -0.25) is 0 Å². The number of esters is 1. The van der Waals surface area contributed by atoms with Crippen LogP contribution in [0.25, 0.3) is 0 Å². The summed E-state index contributed by atoms with van der Waals surface area (Å²) in [5.41, 5.74) is 1.58. The highest BCUT2D eigenvalue weighted by Crippen LogP contribution is 2.15. The molecule has 104 valence electrons. The second-order valence-electron chi connectivity index (χ2n) is 4.41. The van der Waals surface area contributed by atoms with Crippen molar-refractivity contribution in [2.75, 3.05) is 7.11 Å². The van der Waals surface area contributed by atoms with E-state index in [0.29, 0.717) is 0 Å². The number of halogens is 1. The molecule has 0 spiro atoms. The van der Waals surface area contributed by atoms with Crippen molar-refractivity contribution in [3.8, 4) is 5.75 Å². The van der Waals surface area contributed by atoms with Crippen molar-refractivity contribution in [1.29, 1.82) is 0 Å². The Labute approximate surface area is 117 Å². The Bertz CT molecular complexity index is 606. The second kappa shape index (κ2) is 6.19. The molecule has 0 heterocycles. The summed E-state index contributed by atoms with van der Waals surface area (Å²) >= 11 is 0. The molecular weight excluding hydrogens is 259 g/mol. The van der Waals surface area contributed by atoms with Crippen molar-refractivity contribution in [2.45, 2.75) is 13.5 Å². The van der Waals surface area contributed by atoms with Crippen LogP contribution < -0.4 is 4.74 Å². The molecule has 0 aliphatic carbocycles. The zero-order valence-corrected chi connectivity index (χ0v) is 11.4. The van der Waals surface area contributed by atoms with Gasteiger partial charge < -0.3 is 9.47 Å². The molecule has 0 atom stereocenters. The molecule has 2 rings (SSSR count). The van der Waals surface area contributed by atoms with Gasteiger partial charge in [0, 0.05) is 0 Å². The Morgan fingerprint density at radius 1 is 1.15 bits per heavy atom. The summed E-state index contributed by atoms with van der Waals surface area (Å²) in [6, 6.07) is 11.5. The molecule has 0 aliphatic heterocycles. The van der Waals surface area contributed by atoms with E-state index in [9.17, 15) is 9.18 Å². The summed E-state index contributed by atoms with van der Waals surface area (Å²) in [4.78, 5) is 11.8. The van der Waals surface area contributed by atoms with E-state index in [0.717, 1.165) is 16.9 Å². The van der Waals surface area contributed by atoms with Crippen LogP contribution in [0.15, 0.2) is 42.5 Å². The van der Waals surface area contributed by atoms with Gasteiger partial charge in [0.15, 0.2) is 0 Å². The Kier molecular flexibility index (Phi) is 4.35. The lowest BCUT2D eigenvalue weighted by molar-refractivity contribution is 0.0467. The fourth-order valence-electron chi connectivity index (χ4n) is 1.74. The van der Waals surface area contributed by atoms with Crippen LogP contribution in [-0.4, -0.2) is 13.1 Å². The average molecular weight is 274 g/mol. The zero-order valence-electron chi connectivity index (χ0n) is 11.4. The molecule has 0 fully saturated rings. The summed E-state index contributed by atoms with van der Waals surface area (Å²) in [6.45, 7) is 1.88. The molecule has 0 radical (unpaired) electrons. The first-order valence-corrected chi connectivity index (χ1v) is 6.16.